The number of imide groups is 1. The van der Waals surface area contributed by atoms with Gasteiger partial charge in [0.05, 0.1) is 35.0 Å². The van der Waals surface area contributed by atoms with E-state index in [1.165, 1.54) is 36.4 Å². The third-order valence-electron chi connectivity index (χ3n) is 4.21. The van der Waals surface area contributed by atoms with Crippen LogP contribution in [-0.4, -0.2) is 30.4 Å². The second-order valence-corrected chi connectivity index (χ2v) is 6.03. The average molecular weight is 366 g/mol. The van der Waals surface area contributed by atoms with Crippen molar-refractivity contribution in [3.8, 4) is 0 Å². The van der Waals surface area contributed by atoms with E-state index in [-0.39, 0.29) is 22.4 Å². The molecule has 0 bridgehead atoms. The Morgan fingerprint density at radius 1 is 0.963 bits per heavy atom. The van der Waals surface area contributed by atoms with E-state index in [0.29, 0.717) is 12.2 Å². The van der Waals surface area contributed by atoms with Gasteiger partial charge in [-0.3, -0.25) is 9.59 Å². The van der Waals surface area contributed by atoms with Crippen LogP contribution >= 0.6 is 0 Å². The molecule has 0 saturated carbocycles. The molecule has 0 saturated heterocycles. The monoisotopic (exact) mass is 366 g/mol. The molecular weight excluding hydrogens is 350 g/mol. The van der Waals surface area contributed by atoms with Crippen LogP contribution in [0.5, 0.6) is 0 Å². The molecule has 0 aromatic heterocycles. The van der Waals surface area contributed by atoms with Crippen LogP contribution in [0.15, 0.2) is 42.5 Å². The van der Waals surface area contributed by atoms with Crippen LogP contribution in [0.3, 0.4) is 0 Å². The quantitative estimate of drug-likeness (QED) is 0.439. The van der Waals surface area contributed by atoms with Crippen molar-refractivity contribution in [2.45, 2.75) is 19.8 Å². The maximum atomic E-state index is 12.6. The molecule has 0 fully saturated rings. The van der Waals surface area contributed by atoms with Crippen molar-refractivity contribution >= 4 is 29.4 Å². The van der Waals surface area contributed by atoms with Crippen LogP contribution in [0, 0.1) is 0 Å². The lowest BCUT2D eigenvalue weighted by molar-refractivity contribution is -0.255. The Hall–Kier alpha value is -3.48. The summed E-state index contributed by atoms with van der Waals surface area (Å²) in [5.74, 6) is -3.09. The van der Waals surface area contributed by atoms with Gasteiger partial charge >= 0.3 is 5.97 Å². The topological polar surface area (TPSA) is 104 Å². The van der Waals surface area contributed by atoms with Gasteiger partial charge in [-0.2, -0.15) is 0 Å². The van der Waals surface area contributed by atoms with Crippen LogP contribution in [-0.2, 0) is 4.74 Å². The van der Waals surface area contributed by atoms with Crippen LogP contribution in [0.4, 0.5) is 5.69 Å². The number of benzene rings is 2. The summed E-state index contributed by atoms with van der Waals surface area (Å²) in [5.41, 5.74) is 0.534. The third-order valence-corrected chi connectivity index (χ3v) is 4.21. The number of carboxylic acid groups (broad SMARTS) is 1. The van der Waals surface area contributed by atoms with E-state index in [1.807, 2.05) is 6.92 Å². The highest BCUT2D eigenvalue weighted by Crippen LogP contribution is 2.29. The van der Waals surface area contributed by atoms with Crippen molar-refractivity contribution in [2.24, 2.45) is 0 Å². The van der Waals surface area contributed by atoms with Crippen molar-refractivity contribution in [1.82, 2.24) is 0 Å². The first kappa shape index (κ1) is 18.3. The summed E-state index contributed by atoms with van der Waals surface area (Å²) in [6.45, 7) is 2.32. The average Bonchev–Trinajstić information content (AvgIpc) is 2.92. The predicted octanol–water partition coefficient (Wildman–Crippen LogP) is 1.81. The zero-order valence-corrected chi connectivity index (χ0v) is 14.6. The number of nitrogens with zero attached hydrogens (tertiary/aromatic N) is 1. The molecule has 0 aliphatic carbocycles. The normalized spacial score (nSPS) is 12.9. The van der Waals surface area contributed by atoms with Crippen molar-refractivity contribution in [1.29, 1.82) is 0 Å². The lowest BCUT2D eigenvalue weighted by Gasteiger charge is -2.14. The molecule has 0 unspecified atom stereocenters. The largest absolute Gasteiger partial charge is 0.545 e. The fraction of sp³-hybridized carbons (Fsp3) is 0.200. The van der Waals surface area contributed by atoms with E-state index in [2.05, 4.69) is 0 Å². The van der Waals surface area contributed by atoms with Gasteiger partial charge < -0.3 is 14.6 Å². The lowest BCUT2D eigenvalue weighted by Crippen LogP contribution is -2.29. The maximum Gasteiger partial charge on any atom is 0.338 e. The Morgan fingerprint density at radius 2 is 1.59 bits per heavy atom. The Labute approximate surface area is 155 Å². The first-order valence-corrected chi connectivity index (χ1v) is 8.45. The molecule has 1 aliphatic heterocycles. The molecule has 0 atom stereocenters. The van der Waals surface area contributed by atoms with Crippen LogP contribution < -0.4 is 10.0 Å². The number of aromatic carboxylic acids is 1. The van der Waals surface area contributed by atoms with Gasteiger partial charge in [-0.25, -0.2) is 9.69 Å². The number of hydrogen-bond acceptors (Lipinski definition) is 6. The molecule has 2 aromatic carbocycles. The Morgan fingerprint density at radius 3 is 2.22 bits per heavy atom. The van der Waals surface area contributed by atoms with E-state index < -0.39 is 23.8 Å². The van der Waals surface area contributed by atoms with Gasteiger partial charge in [0.25, 0.3) is 11.8 Å². The molecule has 7 heteroatoms. The SMILES string of the molecule is CCCCOC(=O)c1ccc(N2C(=O)c3ccc(C(=O)[O-])cc3C2=O)cc1. The second kappa shape index (κ2) is 7.41. The van der Waals surface area contributed by atoms with E-state index >= 15 is 0 Å². The maximum absolute atomic E-state index is 12.6. The molecule has 7 nitrogen and oxygen atoms in total. The van der Waals surface area contributed by atoms with E-state index in [1.54, 1.807) is 0 Å². The van der Waals surface area contributed by atoms with E-state index in [4.69, 9.17) is 4.74 Å². The molecule has 1 aliphatic rings. The van der Waals surface area contributed by atoms with Crippen molar-refractivity contribution in [3.63, 3.8) is 0 Å². The number of rotatable bonds is 6. The Kier molecular flexibility index (Phi) is 5.03. The highest BCUT2D eigenvalue weighted by Gasteiger charge is 2.36. The minimum Gasteiger partial charge on any atom is -0.545 e. The third kappa shape index (κ3) is 3.44. The molecular formula is C20H16NO6-. The van der Waals surface area contributed by atoms with Crippen molar-refractivity contribution in [2.75, 3.05) is 11.5 Å². The zero-order valence-electron chi connectivity index (χ0n) is 14.6. The highest BCUT2D eigenvalue weighted by molar-refractivity contribution is 6.34. The molecule has 3 rings (SSSR count). The van der Waals surface area contributed by atoms with Crippen LogP contribution in [0.25, 0.3) is 0 Å². The number of amides is 2. The summed E-state index contributed by atoms with van der Waals surface area (Å²) in [5, 5.41) is 11.0. The molecule has 1 heterocycles. The molecule has 2 aromatic rings. The number of carbonyl (C=O) groups is 4. The first-order chi connectivity index (χ1) is 12.9. The van der Waals surface area contributed by atoms with Gasteiger partial charge in [0.1, 0.15) is 0 Å². The Balaban J connectivity index is 1.83. The van der Waals surface area contributed by atoms with Gasteiger partial charge in [0.2, 0.25) is 0 Å². The minimum absolute atomic E-state index is 0.00440. The van der Waals surface area contributed by atoms with Gasteiger partial charge in [-0.15, -0.1) is 0 Å². The highest BCUT2D eigenvalue weighted by atomic mass is 16.5. The molecule has 0 spiro atoms. The summed E-state index contributed by atoms with van der Waals surface area (Å²) in [6, 6.07) is 9.53. The first-order valence-electron chi connectivity index (χ1n) is 8.45. The number of ether oxygens (including phenoxy) is 1. The number of carbonyl (C=O) groups excluding carboxylic acids is 4. The fourth-order valence-electron chi connectivity index (χ4n) is 2.74. The predicted molar refractivity (Wildman–Crippen MR) is 93.5 cm³/mol. The van der Waals surface area contributed by atoms with Gasteiger partial charge in [0, 0.05) is 0 Å². The minimum atomic E-state index is -1.43. The van der Waals surface area contributed by atoms with Gasteiger partial charge in [-0.05, 0) is 48.4 Å². The van der Waals surface area contributed by atoms with E-state index in [0.717, 1.165) is 23.8 Å². The summed E-state index contributed by atoms with van der Waals surface area (Å²) in [4.78, 5) is 48.9. The molecule has 27 heavy (non-hydrogen) atoms. The zero-order chi connectivity index (χ0) is 19.6. The number of unbranched alkanes of at least 4 members (excludes halogenated alkanes) is 1. The van der Waals surface area contributed by atoms with Gasteiger partial charge in [0.15, 0.2) is 0 Å². The van der Waals surface area contributed by atoms with Crippen molar-refractivity contribution in [3.05, 3.63) is 64.7 Å². The lowest BCUT2D eigenvalue weighted by atomic mass is 10.1. The number of hydrogen-bond donors (Lipinski definition) is 0. The standard InChI is InChI=1S/C20H17NO6/c1-2-3-10-27-20(26)12-4-7-14(8-5-12)21-17(22)15-9-6-13(19(24)25)11-16(15)18(21)23/h4-9,11H,2-3,10H2,1H3,(H,24,25)/p-1. The van der Waals surface area contributed by atoms with Gasteiger partial charge in [-0.1, -0.05) is 19.4 Å². The number of anilines is 1. The second-order valence-electron chi connectivity index (χ2n) is 6.03. The summed E-state index contributed by atoms with van der Waals surface area (Å²) < 4.78 is 5.11. The number of esters is 1. The summed E-state index contributed by atoms with van der Waals surface area (Å²) >= 11 is 0. The molecule has 0 radical (unpaired) electrons. The van der Waals surface area contributed by atoms with Crippen LogP contribution in [0.2, 0.25) is 0 Å². The number of carboxylic acids is 1. The van der Waals surface area contributed by atoms with Crippen molar-refractivity contribution < 1.29 is 29.0 Å². The number of fused-ring (bicyclic) bond motifs is 1. The summed E-state index contributed by atoms with van der Waals surface area (Å²) in [7, 11) is 0. The van der Waals surface area contributed by atoms with E-state index in [9.17, 15) is 24.3 Å². The fourth-order valence-corrected chi connectivity index (χ4v) is 2.74. The molecule has 138 valence electrons. The van der Waals surface area contributed by atoms with Crippen LogP contribution in [0.1, 0.15) is 61.2 Å². The summed E-state index contributed by atoms with van der Waals surface area (Å²) in [6.07, 6.45) is 1.68. The molecule has 2 amide bonds. The molecule has 0 N–H and O–H groups in total. The Bertz CT molecular complexity index is 932. The smallest absolute Gasteiger partial charge is 0.338 e.